The minimum atomic E-state index is -4.78. The van der Waals surface area contributed by atoms with Gasteiger partial charge < -0.3 is 15.0 Å². The summed E-state index contributed by atoms with van der Waals surface area (Å²) in [7, 11) is 0. The van der Waals surface area contributed by atoms with Gasteiger partial charge in [0.15, 0.2) is 0 Å². The van der Waals surface area contributed by atoms with Crippen LogP contribution in [0.5, 0.6) is 5.75 Å². The zero-order valence-electron chi connectivity index (χ0n) is 18.3. The summed E-state index contributed by atoms with van der Waals surface area (Å²) in [5.74, 6) is -0.523. The minimum absolute atomic E-state index is 0.000150. The second-order valence-corrected chi connectivity index (χ2v) is 8.13. The highest BCUT2D eigenvalue weighted by molar-refractivity contribution is 6.07. The SMILES string of the molecule is CC[C@@H]1[C@@H](C)[C@H](Nc2ccccc2)c2ccccc2N1C(=O)c1ccc(OC(F)(F)F)cc1. The summed E-state index contributed by atoms with van der Waals surface area (Å²) in [5, 5.41) is 3.62. The maximum absolute atomic E-state index is 13.6. The number of nitrogens with zero attached hydrogens (tertiary/aromatic N) is 1. The average Bonchev–Trinajstić information content (AvgIpc) is 2.80. The number of nitrogens with one attached hydrogen (secondary N) is 1. The fourth-order valence-corrected chi connectivity index (χ4v) is 4.56. The van der Waals surface area contributed by atoms with Gasteiger partial charge in [-0.25, -0.2) is 0 Å². The molecule has 1 aliphatic rings. The van der Waals surface area contributed by atoms with Crippen LogP contribution in [0.25, 0.3) is 0 Å². The van der Waals surface area contributed by atoms with Crippen molar-refractivity contribution < 1.29 is 22.7 Å². The first-order valence-electron chi connectivity index (χ1n) is 10.9. The van der Waals surface area contributed by atoms with Crippen LogP contribution >= 0.6 is 0 Å². The third-order valence-corrected chi connectivity index (χ3v) is 6.06. The van der Waals surface area contributed by atoms with Crippen molar-refractivity contribution >= 4 is 17.3 Å². The van der Waals surface area contributed by atoms with E-state index in [0.717, 1.165) is 23.4 Å². The number of ether oxygens (including phenoxy) is 1. The van der Waals surface area contributed by atoms with Crippen LogP contribution in [0.15, 0.2) is 78.9 Å². The van der Waals surface area contributed by atoms with E-state index in [1.807, 2.05) is 61.5 Å². The van der Waals surface area contributed by atoms with Crippen LogP contribution in [-0.4, -0.2) is 18.3 Å². The number of rotatable bonds is 5. The highest BCUT2D eigenvalue weighted by Gasteiger charge is 2.40. The Bertz CT molecular complexity index is 1100. The molecule has 1 aliphatic heterocycles. The molecule has 3 atom stereocenters. The molecule has 4 rings (SSSR count). The highest BCUT2D eigenvalue weighted by atomic mass is 19.4. The largest absolute Gasteiger partial charge is 0.573 e. The van der Waals surface area contributed by atoms with Gasteiger partial charge >= 0.3 is 6.36 Å². The van der Waals surface area contributed by atoms with E-state index >= 15 is 0 Å². The molecule has 1 N–H and O–H groups in total. The van der Waals surface area contributed by atoms with Gasteiger partial charge in [-0.1, -0.05) is 50.2 Å². The van der Waals surface area contributed by atoms with Crippen molar-refractivity contribution in [2.45, 2.75) is 38.7 Å². The monoisotopic (exact) mass is 454 g/mol. The number of halogens is 3. The summed E-state index contributed by atoms with van der Waals surface area (Å²) in [5.41, 5.74) is 3.11. The lowest BCUT2D eigenvalue weighted by Crippen LogP contribution is -2.50. The van der Waals surface area contributed by atoms with Gasteiger partial charge in [-0.3, -0.25) is 4.79 Å². The molecule has 7 heteroatoms. The van der Waals surface area contributed by atoms with Gasteiger partial charge in [0, 0.05) is 28.9 Å². The predicted octanol–water partition coefficient (Wildman–Crippen LogP) is 6.81. The molecule has 0 fully saturated rings. The average molecular weight is 454 g/mol. The third kappa shape index (κ3) is 4.82. The first-order valence-corrected chi connectivity index (χ1v) is 10.9. The van der Waals surface area contributed by atoms with Gasteiger partial charge in [-0.05, 0) is 54.4 Å². The van der Waals surface area contributed by atoms with Crippen LogP contribution < -0.4 is 15.0 Å². The van der Waals surface area contributed by atoms with Crippen LogP contribution in [0.4, 0.5) is 24.5 Å². The molecule has 0 aliphatic carbocycles. The van der Waals surface area contributed by atoms with Crippen molar-refractivity contribution in [3.8, 4) is 5.75 Å². The number of hydrogen-bond acceptors (Lipinski definition) is 3. The fourth-order valence-electron chi connectivity index (χ4n) is 4.56. The summed E-state index contributed by atoms with van der Waals surface area (Å²) in [4.78, 5) is 15.4. The van der Waals surface area contributed by atoms with E-state index in [1.165, 1.54) is 24.3 Å². The van der Waals surface area contributed by atoms with Gasteiger partial charge in [0.05, 0.1) is 6.04 Å². The molecule has 1 heterocycles. The molecule has 0 unspecified atom stereocenters. The Labute approximate surface area is 191 Å². The van der Waals surface area contributed by atoms with Gasteiger partial charge in [0.2, 0.25) is 0 Å². The molecule has 3 aromatic rings. The third-order valence-electron chi connectivity index (χ3n) is 6.06. The summed E-state index contributed by atoms with van der Waals surface area (Å²) in [6.07, 6.45) is -4.05. The van der Waals surface area contributed by atoms with E-state index in [1.54, 1.807) is 4.90 Å². The quantitative estimate of drug-likeness (QED) is 0.460. The number of carbonyl (C=O) groups is 1. The number of amides is 1. The normalized spacial score (nSPS) is 20.2. The molecular weight excluding hydrogens is 429 g/mol. The molecule has 0 bridgehead atoms. The van der Waals surface area contributed by atoms with E-state index in [9.17, 15) is 18.0 Å². The summed E-state index contributed by atoms with van der Waals surface area (Å²) in [6.45, 7) is 4.15. The Hall–Kier alpha value is -3.48. The van der Waals surface area contributed by atoms with Crippen LogP contribution in [0.1, 0.15) is 42.2 Å². The first-order chi connectivity index (χ1) is 15.8. The van der Waals surface area contributed by atoms with Crippen molar-refractivity contribution in [3.05, 3.63) is 90.0 Å². The molecule has 172 valence electrons. The topological polar surface area (TPSA) is 41.6 Å². The second kappa shape index (κ2) is 9.17. The molecule has 0 radical (unpaired) electrons. The van der Waals surface area contributed by atoms with Gasteiger partial charge in [-0.15, -0.1) is 13.2 Å². The maximum Gasteiger partial charge on any atom is 0.573 e. The Morgan fingerprint density at radius 2 is 1.61 bits per heavy atom. The lowest BCUT2D eigenvalue weighted by atomic mass is 9.80. The smallest absolute Gasteiger partial charge is 0.406 e. The summed E-state index contributed by atoms with van der Waals surface area (Å²) in [6, 6.07) is 22.7. The Kier molecular flexibility index (Phi) is 6.31. The minimum Gasteiger partial charge on any atom is -0.406 e. The molecule has 4 nitrogen and oxygen atoms in total. The lowest BCUT2D eigenvalue weighted by molar-refractivity contribution is -0.274. The van der Waals surface area contributed by atoms with E-state index < -0.39 is 6.36 Å². The number of alkyl halides is 3. The Morgan fingerprint density at radius 1 is 0.970 bits per heavy atom. The molecule has 3 aromatic carbocycles. The van der Waals surface area contributed by atoms with Crippen LogP contribution in [0, 0.1) is 5.92 Å². The van der Waals surface area contributed by atoms with Crippen LogP contribution in [0.3, 0.4) is 0 Å². The van der Waals surface area contributed by atoms with Crippen molar-refractivity contribution in [2.24, 2.45) is 5.92 Å². The Morgan fingerprint density at radius 3 is 2.24 bits per heavy atom. The number of para-hydroxylation sites is 2. The Balaban J connectivity index is 1.68. The fraction of sp³-hybridized carbons (Fsp3) is 0.269. The molecule has 0 aromatic heterocycles. The lowest BCUT2D eigenvalue weighted by Gasteiger charge is -2.45. The first kappa shape index (κ1) is 22.7. The zero-order valence-corrected chi connectivity index (χ0v) is 18.3. The van der Waals surface area contributed by atoms with E-state index in [0.29, 0.717) is 5.56 Å². The summed E-state index contributed by atoms with van der Waals surface area (Å²) >= 11 is 0. The maximum atomic E-state index is 13.6. The van der Waals surface area contributed by atoms with E-state index in [2.05, 4.69) is 17.0 Å². The van der Waals surface area contributed by atoms with Gasteiger partial charge in [0.25, 0.3) is 5.91 Å². The second-order valence-electron chi connectivity index (χ2n) is 8.13. The standard InChI is InChI=1S/C26H25F3N2O2/c1-3-22-17(2)24(30-19-9-5-4-6-10-19)21-11-7-8-12-23(21)31(22)25(32)18-13-15-20(16-14-18)33-26(27,28)29/h4-17,22,24,30H,3H2,1-2H3/t17-,22-,24+/m1/s1. The number of hydrogen-bond donors (Lipinski definition) is 1. The molecule has 1 amide bonds. The number of carbonyl (C=O) groups excluding carboxylic acids is 1. The number of benzene rings is 3. The molecule has 0 spiro atoms. The number of fused-ring (bicyclic) bond motifs is 1. The van der Waals surface area contributed by atoms with Crippen molar-refractivity contribution in [1.82, 2.24) is 0 Å². The number of anilines is 2. The molecule has 33 heavy (non-hydrogen) atoms. The zero-order chi connectivity index (χ0) is 23.6. The van der Waals surface area contributed by atoms with E-state index in [-0.39, 0.29) is 29.7 Å². The summed E-state index contributed by atoms with van der Waals surface area (Å²) < 4.78 is 41.4. The highest BCUT2D eigenvalue weighted by Crippen LogP contribution is 2.44. The van der Waals surface area contributed by atoms with Crippen molar-refractivity contribution in [2.75, 3.05) is 10.2 Å². The van der Waals surface area contributed by atoms with Crippen LogP contribution in [0.2, 0.25) is 0 Å². The van der Waals surface area contributed by atoms with Crippen molar-refractivity contribution in [1.29, 1.82) is 0 Å². The van der Waals surface area contributed by atoms with Crippen LogP contribution in [-0.2, 0) is 0 Å². The molecule has 0 saturated heterocycles. The predicted molar refractivity (Wildman–Crippen MR) is 122 cm³/mol. The van der Waals surface area contributed by atoms with Gasteiger partial charge in [0.1, 0.15) is 5.75 Å². The molecule has 0 saturated carbocycles. The van der Waals surface area contributed by atoms with Crippen molar-refractivity contribution in [3.63, 3.8) is 0 Å². The van der Waals surface area contributed by atoms with E-state index in [4.69, 9.17) is 0 Å². The van der Waals surface area contributed by atoms with Gasteiger partial charge in [-0.2, -0.15) is 0 Å². The molecular formula is C26H25F3N2O2.